The Balaban J connectivity index is 2.84. The van der Waals surface area contributed by atoms with Crippen LogP contribution < -0.4 is 0 Å². The standard InChI is InChI=1S/C5H5N3S/c1-8-3-2-7-5(8)9-4-6/h2-3H,1H3. The van der Waals surface area contributed by atoms with E-state index in [1.54, 1.807) is 17.0 Å². The van der Waals surface area contributed by atoms with Gasteiger partial charge in [0.1, 0.15) is 5.40 Å². The third kappa shape index (κ3) is 1.24. The van der Waals surface area contributed by atoms with Gasteiger partial charge in [0.05, 0.1) is 0 Å². The number of hydrogen-bond donors (Lipinski definition) is 0. The smallest absolute Gasteiger partial charge is 0.182 e. The maximum atomic E-state index is 8.22. The molecule has 0 bridgehead atoms. The molecule has 0 amide bonds. The third-order valence-corrected chi connectivity index (χ3v) is 1.58. The van der Waals surface area contributed by atoms with E-state index >= 15 is 0 Å². The summed E-state index contributed by atoms with van der Waals surface area (Å²) in [5, 5.41) is 10.9. The first kappa shape index (κ1) is 6.17. The summed E-state index contributed by atoms with van der Waals surface area (Å²) >= 11 is 1.07. The summed E-state index contributed by atoms with van der Waals surface area (Å²) in [6.45, 7) is 0. The Hall–Kier alpha value is -0.950. The monoisotopic (exact) mass is 139 g/mol. The number of rotatable bonds is 1. The van der Waals surface area contributed by atoms with Gasteiger partial charge in [0.2, 0.25) is 0 Å². The molecular weight excluding hydrogens is 134 g/mol. The second-order valence-corrected chi connectivity index (χ2v) is 2.27. The van der Waals surface area contributed by atoms with Crippen LogP contribution in [0, 0.1) is 10.7 Å². The van der Waals surface area contributed by atoms with Crippen LogP contribution in [-0.2, 0) is 7.05 Å². The molecule has 1 aromatic rings. The second-order valence-electron chi connectivity index (χ2n) is 1.51. The lowest BCUT2D eigenvalue weighted by Gasteiger charge is -1.90. The van der Waals surface area contributed by atoms with Crippen molar-refractivity contribution in [2.24, 2.45) is 7.05 Å². The fourth-order valence-electron chi connectivity index (χ4n) is 0.491. The van der Waals surface area contributed by atoms with E-state index in [2.05, 4.69) is 4.98 Å². The summed E-state index contributed by atoms with van der Waals surface area (Å²) in [5.41, 5.74) is 0. The quantitative estimate of drug-likeness (QED) is 0.430. The molecule has 0 fully saturated rings. The van der Waals surface area contributed by atoms with Gasteiger partial charge in [0.25, 0.3) is 0 Å². The Morgan fingerprint density at radius 1 is 1.89 bits per heavy atom. The molecule has 4 heteroatoms. The van der Waals surface area contributed by atoms with Crippen LogP contribution in [-0.4, -0.2) is 9.55 Å². The van der Waals surface area contributed by atoms with Crippen LogP contribution in [0.1, 0.15) is 0 Å². The number of thiocyanates is 1. The van der Waals surface area contributed by atoms with Crippen LogP contribution in [0.4, 0.5) is 0 Å². The van der Waals surface area contributed by atoms with Crippen molar-refractivity contribution in [2.45, 2.75) is 5.16 Å². The Bertz CT molecular complexity index is 235. The van der Waals surface area contributed by atoms with Crippen LogP contribution in [0.5, 0.6) is 0 Å². The number of thioether (sulfide) groups is 1. The lowest BCUT2D eigenvalue weighted by Crippen LogP contribution is -1.85. The van der Waals surface area contributed by atoms with E-state index < -0.39 is 0 Å². The first-order valence-corrected chi connectivity index (χ1v) is 3.19. The first-order valence-electron chi connectivity index (χ1n) is 2.38. The average Bonchev–Trinajstić information content (AvgIpc) is 2.18. The molecule has 3 nitrogen and oxygen atoms in total. The highest BCUT2D eigenvalue weighted by molar-refractivity contribution is 8.03. The fourth-order valence-corrected chi connectivity index (χ4v) is 0.891. The molecule has 0 spiro atoms. The Labute approximate surface area is 57.3 Å². The van der Waals surface area contributed by atoms with Gasteiger partial charge in [-0.15, -0.1) is 0 Å². The van der Waals surface area contributed by atoms with Crippen molar-refractivity contribution in [3.05, 3.63) is 12.4 Å². The largest absolute Gasteiger partial charge is 0.328 e. The van der Waals surface area contributed by atoms with Gasteiger partial charge in [0.15, 0.2) is 5.16 Å². The van der Waals surface area contributed by atoms with Crippen molar-refractivity contribution in [2.75, 3.05) is 0 Å². The molecule has 0 aliphatic heterocycles. The third-order valence-electron chi connectivity index (χ3n) is 0.914. The van der Waals surface area contributed by atoms with Crippen LogP contribution in [0.25, 0.3) is 0 Å². The summed E-state index contributed by atoms with van der Waals surface area (Å²) in [5.74, 6) is 0. The molecule has 0 N–H and O–H groups in total. The Morgan fingerprint density at radius 3 is 3.11 bits per heavy atom. The van der Waals surface area contributed by atoms with Gasteiger partial charge < -0.3 is 4.57 Å². The summed E-state index contributed by atoms with van der Waals surface area (Å²) in [7, 11) is 1.85. The van der Waals surface area contributed by atoms with E-state index in [-0.39, 0.29) is 0 Å². The van der Waals surface area contributed by atoms with E-state index in [9.17, 15) is 0 Å². The van der Waals surface area contributed by atoms with Gasteiger partial charge in [-0.25, -0.2) is 4.98 Å². The molecule has 0 aliphatic rings. The molecule has 1 rings (SSSR count). The molecule has 1 aromatic heterocycles. The SMILES string of the molecule is Cn1ccnc1SC#N. The Kier molecular flexibility index (Phi) is 1.75. The normalized spacial score (nSPS) is 8.89. The predicted molar refractivity (Wildman–Crippen MR) is 34.7 cm³/mol. The fraction of sp³-hybridized carbons (Fsp3) is 0.200. The van der Waals surface area contributed by atoms with Crippen molar-refractivity contribution < 1.29 is 0 Å². The molecular formula is C5H5N3S. The van der Waals surface area contributed by atoms with Gasteiger partial charge in [-0.05, 0) is 0 Å². The maximum Gasteiger partial charge on any atom is 0.182 e. The molecule has 0 aliphatic carbocycles. The van der Waals surface area contributed by atoms with Gasteiger partial charge in [-0.1, -0.05) is 0 Å². The highest BCUT2D eigenvalue weighted by Gasteiger charge is 1.95. The molecule has 0 radical (unpaired) electrons. The number of imidazole rings is 1. The second kappa shape index (κ2) is 2.55. The lowest BCUT2D eigenvalue weighted by atomic mass is 10.9. The van der Waals surface area contributed by atoms with Crippen LogP contribution >= 0.6 is 11.8 Å². The van der Waals surface area contributed by atoms with Gasteiger partial charge >= 0.3 is 0 Å². The molecule has 9 heavy (non-hydrogen) atoms. The van der Waals surface area contributed by atoms with Crippen molar-refractivity contribution in [3.8, 4) is 5.40 Å². The number of nitrogens with zero attached hydrogens (tertiary/aromatic N) is 3. The number of aryl methyl sites for hydroxylation is 1. The zero-order chi connectivity index (χ0) is 6.69. The van der Waals surface area contributed by atoms with E-state index in [1.165, 1.54) is 0 Å². The average molecular weight is 139 g/mol. The molecule has 0 unspecified atom stereocenters. The van der Waals surface area contributed by atoms with Gasteiger partial charge in [-0.3, -0.25) is 0 Å². The molecule has 0 saturated heterocycles. The lowest BCUT2D eigenvalue weighted by molar-refractivity contribution is 0.792. The van der Waals surface area contributed by atoms with E-state index in [0.29, 0.717) is 0 Å². The van der Waals surface area contributed by atoms with Crippen LogP contribution in [0.2, 0.25) is 0 Å². The molecule has 0 atom stereocenters. The summed E-state index contributed by atoms with van der Waals surface area (Å²) in [6, 6.07) is 0. The van der Waals surface area contributed by atoms with E-state index in [4.69, 9.17) is 5.26 Å². The minimum atomic E-state index is 0.734. The van der Waals surface area contributed by atoms with E-state index in [0.717, 1.165) is 16.9 Å². The van der Waals surface area contributed by atoms with Crippen molar-refractivity contribution >= 4 is 11.8 Å². The highest BCUT2D eigenvalue weighted by atomic mass is 32.2. The van der Waals surface area contributed by atoms with Crippen LogP contribution in [0.15, 0.2) is 17.6 Å². The highest BCUT2D eigenvalue weighted by Crippen LogP contribution is 2.10. The zero-order valence-electron chi connectivity index (χ0n) is 4.90. The first-order chi connectivity index (χ1) is 4.34. The van der Waals surface area contributed by atoms with Crippen molar-refractivity contribution in [1.29, 1.82) is 5.26 Å². The predicted octanol–water partition coefficient (Wildman–Crippen LogP) is 0.993. The van der Waals surface area contributed by atoms with Crippen LogP contribution in [0.3, 0.4) is 0 Å². The summed E-state index contributed by atoms with van der Waals surface area (Å²) in [6.07, 6.45) is 3.47. The summed E-state index contributed by atoms with van der Waals surface area (Å²) in [4.78, 5) is 3.91. The summed E-state index contributed by atoms with van der Waals surface area (Å²) < 4.78 is 1.80. The molecule has 1 heterocycles. The van der Waals surface area contributed by atoms with Gasteiger partial charge in [0, 0.05) is 31.2 Å². The number of nitriles is 1. The minimum absolute atomic E-state index is 0.734. The maximum absolute atomic E-state index is 8.22. The van der Waals surface area contributed by atoms with Crippen molar-refractivity contribution in [3.63, 3.8) is 0 Å². The topological polar surface area (TPSA) is 41.6 Å². The molecule has 0 saturated carbocycles. The number of hydrogen-bond acceptors (Lipinski definition) is 3. The number of aromatic nitrogens is 2. The molecule has 46 valence electrons. The minimum Gasteiger partial charge on any atom is -0.328 e. The zero-order valence-corrected chi connectivity index (χ0v) is 5.72. The van der Waals surface area contributed by atoms with E-state index in [1.807, 2.05) is 12.4 Å². The van der Waals surface area contributed by atoms with Gasteiger partial charge in [-0.2, -0.15) is 5.26 Å². The van der Waals surface area contributed by atoms with Crippen molar-refractivity contribution in [1.82, 2.24) is 9.55 Å². The molecule has 0 aromatic carbocycles. The Morgan fingerprint density at radius 2 is 2.67 bits per heavy atom.